The highest BCUT2D eigenvalue weighted by Crippen LogP contribution is 2.48. The molecule has 2 aliphatic carbocycles. The number of methoxy groups -OCH3 is 1. The van der Waals surface area contributed by atoms with Crippen molar-refractivity contribution in [2.24, 2.45) is 5.41 Å². The molecule has 0 unspecified atom stereocenters. The number of Topliss-reactive ketones (excluding diaryl/α,β-unsaturated/α-hetero) is 1. The predicted octanol–water partition coefficient (Wildman–Crippen LogP) is 3.95. The molecule has 0 radical (unpaired) electrons. The fourth-order valence-corrected chi connectivity index (χ4v) is 3.76. The van der Waals surface area contributed by atoms with Crippen LogP contribution >= 0.6 is 0 Å². The summed E-state index contributed by atoms with van der Waals surface area (Å²) >= 11 is 0. The zero-order valence-electron chi connectivity index (χ0n) is 15.3. The van der Waals surface area contributed by atoms with Crippen molar-refractivity contribution < 1.29 is 19.4 Å². The number of hydrogen-bond donors (Lipinski definition) is 1. The van der Waals surface area contributed by atoms with Crippen molar-refractivity contribution in [1.29, 1.82) is 0 Å². The lowest BCUT2D eigenvalue weighted by Gasteiger charge is -2.21. The Morgan fingerprint density at radius 1 is 1.04 bits per heavy atom. The summed E-state index contributed by atoms with van der Waals surface area (Å²) in [6.45, 7) is 2.61. The summed E-state index contributed by atoms with van der Waals surface area (Å²) in [5.41, 5.74) is 4.80. The van der Waals surface area contributed by atoms with E-state index in [-0.39, 0.29) is 17.8 Å². The second-order valence-corrected chi connectivity index (χ2v) is 7.49. The first-order chi connectivity index (χ1) is 12.6. The van der Waals surface area contributed by atoms with Crippen molar-refractivity contribution in [2.45, 2.75) is 32.6 Å². The Morgan fingerprint density at radius 2 is 1.81 bits per heavy atom. The Bertz CT molecular complexity index is 865. The van der Waals surface area contributed by atoms with Gasteiger partial charge in [0.15, 0.2) is 17.3 Å². The number of carbonyl (C=O) groups is 1. The van der Waals surface area contributed by atoms with Crippen LogP contribution in [0.1, 0.15) is 40.7 Å². The highest BCUT2D eigenvalue weighted by molar-refractivity contribution is 6.02. The maximum atomic E-state index is 12.1. The first-order valence-corrected chi connectivity index (χ1v) is 9.15. The Hall–Kier alpha value is -2.33. The number of fused-ring (bicyclic) bond motifs is 1. The number of hydrogen-bond acceptors (Lipinski definition) is 4. The quantitative estimate of drug-likeness (QED) is 0.855. The molecule has 2 aliphatic rings. The molecule has 1 fully saturated rings. The second-order valence-electron chi connectivity index (χ2n) is 7.49. The summed E-state index contributed by atoms with van der Waals surface area (Å²) in [4.78, 5) is 12.1. The Kier molecular flexibility index (Phi) is 4.23. The van der Waals surface area contributed by atoms with E-state index >= 15 is 0 Å². The lowest BCUT2D eigenvalue weighted by Crippen LogP contribution is -2.17. The standard InChI is InChI=1S/C22H24O4/c1-14-6-7-18(15-4-3-5-17-16(15)8-9-19(17)24)21(20(14)25-2)26-13-22(12-23)10-11-22/h3-7,23H,8-13H2,1-2H3. The van der Waals surface area contributed by atoms with Crippen LogP contribution in [-0.4, -0.2) is 31.2 Å². The maximum absolute atomic E-state index is 12.1. The average molecular weight is 352 g/mol. The largest absolute Gasteiger partial charge is 0.493 e. The number of ketones is 1. The first kappa shape index (κ1) is 17.1. The molecule has 0 aliphatic heterocycles. The van der Waals surface area contributed by atoms with E-state index in [1.807, 2.05) is 37.3 Å². The molecule has 4 nitrogen and oxygen atoms in total. The molecule has 0 amide bonds. The van der Waals surface area contributed by atoms with E-state index in [2.05, 4.69) is 0 Å². The number of ether oxygens (including phenoxy) is 2. The van der Waals surface area contributed by atoms with Crippen LogP contribution in [0.25, 0.3) is 11.1 Å². The van der Waals surface area contributed by atoms with Crippen LogP contribution in [0.3, 0.4) is 0 Å². The fraction of sp³-hybridized carbons (Fsp3) is 0.409. The molecule has 136 valence electrons. The number of aliphatic hydroxyl groups excluding tert-OH is 1. The Morgan fingerprint density at radius 3 is 2.50 bits per heavy atom. The molecule has 0 heterocycles. The van der Waals surface area contributed by atoms with Crippen LogP contribution in [0.4, 0.5) is 0 Å². The molecule has 0 aromatic heterocycles. The van der Waals surface area contributed by atoms with Crippen molar-refractivity contribution in [1.82, 2.24) is 0 Å². The van der Waals surface area contributed by atoms with Gasteiger partial charge in [0.05, 0.1) is 20.3 Å². The molecule has 0 saturated heterocycles. The van der Waals surface area contributed by atoms with Crippen LogP contribution in [0.15, 0.2) is 30.3 Å². The normalized spacial score (nSPS) is 17.1. The van der Waals surface area contributed by atoms with Gasteiger partial charge in [-0.2, -0.15) is 0 Å². The maximum Gasteiger partial charge on any atom is 0.169 e. The lowest BCUT2D eigenvalue weighted by atomic mass is 9.95. The van der Waals surface area contributed by atoms with Gasteiger partial charge in [-0.3, -0.25) is 4.79 Å². The second kappa shape index (κ2) is 6.44. The summed E-state index contributed by atoms with van der Waals surface area (Å²) in [7, 11) is 1.65. The molecular weight excluding hydrogens is 328 g/mol. The van der Waals surface area contributed by atoms with E-state index < -0.39 is 0 Å². The SMILES string of the molecule is COc1c(C)ccc(-c2cccc3c2CCC3=O)c1OCC1(CO)CC1. The predicted molar refractivity (Wildman–Crippen MR) is 100 cm³/mol. The van der Waals surface area contributed by atoms with E-state index in [1.54, 1.807) is 7.11 Å². The third-order valence-electron chi connectivity index (χ3n) is 5.70. The third kappa shape index (κ3) is 2.78. The summed E-state index contributed by atoms with van der Waals surface area (Å²) < 4.78 is 11.9. The summed E-state index contributed by atoms with van der Waals surface area (Å²) in [5, 5.41) is 9.61. The summed E-state index contributed by atoms with van der Waals surface area (Å²) in [5.74, 6) is 1.64. The highest BCUT2D eigenvalue weighted by atomic mass is 16.5. The van der Waals surface area contributed by atoms with E-state index in [0.717, 1.165) is 52.8 Å². The van der Waals surface area contributed by atoms with Crippen molar-refractivity contribution in [3.05, 3.63) is 47.0 Å². The molecule has 0 spiro atoms. The molecule has 4 heteroatoms. The van der Waals surface area contributed by atoms with Gasteiger partial charge >= 0.3 is 0 Å². The van der Waals surface area contributed by atoms with Crippen LogP contribution in [0.5, 0.6) is 11.5 Å². The van der Waals surface area contributed by atoms with Crippen molar-refractivity contribution >= 4 is 5.78 Å². The van der Waals surface area contributed by atoms with Crippen LogP contribution < -0.4 is 9.47 Å². The van der Waals surface area contributed by atoms with Gasteiger partial charge in [0.25, 0.3) is 0 Å². The number of aliphatic hydroxyl groups is 1. The molecule has 1 saturated carbocycles. The van der Waals surface area contributed by atoms with Gasteiger partial charge in [-0.25, -0.2) is 0 Å². The van der Waals surface area contributed by atoms with Gasteiger partial charge in [-0.15, -0.1) is 0 Å². The number of aryl methyl sites for hydroxylation is 1. The van der Waals surface area contributed by atoms with Crippen LogP contribution in [0, 0.1) is 12.3 Å². The highest BCUT2D eigenvalue weighted by Gasteiger charge is 2.43. The van der Waals surface area contributed by atoms with E-state index in [1.165, 1.54) is 0 Å². The third-order valence-corrected chi connectivity index (χ3v) is 5.70. The van der Waals surface area contributed by atoms with Gasteiger partial charge in [0.2, 0.25) is 0 Å². The molecule has 0 bridgehead atoms. The molecule has 26 heavy (non-hydrogen) atoms. The number of carbonyl (C=O) groups excluding carboxylic acids is 1. The monoisotopic (exact) mass is 352 g/mol. The molecule has 4 rings (SSSR count). The fourth-order valence-electron chi connectivity index (χ4n) is 3.76. The van der Waals surface area contributed by atoms with E-state index in [0.29, 0.717) is 18.8 Å². The minimum Gasteiger partial charge on any atom is -0.493 e. The minimum atomic E-state index is -0.110. The number of benzene rings is 2. The lowest BCUT2D eigenvalue weighted by molar-refractivity contribution is 0.0994. The average Bonchev–Trinajstić information content (AvgIpc) is 3.35. The summed E-state index contributed by atoms with van der Waals surface area (Å²) in [6.07, 6.45) is 3.31. The van der Waals surface area contributed by atoms with Gasteiger partial charge < -0.3 is 14.6 Å². The van der Waals surface area contributed by atoms with Crippen LogP contribution in [0.2, 0.25) is 0 Å². The Labute approximate surface area is 153 Å². The molecule has 2 aromatic rings. The van der Waals surface area contributed by atoms with Crippen LogP contribution in [-0.2, 0) is 6.42 Å². The van der Waals surface area contributed by atoms with E-state index in [4.69, 9.17) is 9.47 Å². The zero-order chi connectivity index (χ0) is 18.3. The van der Waals surface area contributed by atoms with Crippen molar-refractivity contribution in [3.8, 4) is 22.6 Å². The molecule has 0 atom stereocenters. The van der Waals surface area contributed by atoms with Crippen molar-refractivity contribution in [2.75, 3.05) is 20.3 Å². The molecule has 1 N–H and O–H groups in total. The summed E-state index contributed by atoms with van der Waals surface area (Å²) in [6, 6.07) is 9.96. The van der Waals surface area contributed by atoms with Gasteiger partial charge in [0, 0.05) is 23.0 Å². The molecule has 2 aromatic carbocycles. The van der Waals surface area contributed by atoms with Crippen molar-refractivity contribution in [3.63, 3.8) is 0 Å². The zero-order valence-corrected chi connectivity index (χ0v) is 15.3. The molecular formula is C22H24O4. The van der Waals surface area contributed by atoms with Gasteiger partial charge in [-0.05, 0) is 42.9 Å². The smallest absolute Gasteiger partial charge is 0.169 e. The topological polar surface area (TPSA) is 55.8 Å². The van der Waals surface area contributed by atoms with E-state index in [9.17, 15) is 9.90 Å². The number of rotatable bonds is 6. The van der Waals surface area contributed by atoms with Gasteiger partial charge in [0.1, 0.15) is 0 Å². The minimum absolute atomic E-state index is 0.110. The first-order valence-electron chi connectivity index (χ1n) is 9.15. The van der Waals surface area contributed by atoms with Gasteiger partial charge in [-0.1, -0.05) is 30.3 Å². The Balaban J connectivity index is 1.80.